The third kappa shape index (κ3) is 5.48. The number of carbonyl (C=O) groups excluding carboxylic acids is 1. The molecule has 174 valence electrons. The van der Waals surface area contributed by atoms with Gasteiger partial charge in [0.05, 0.1) is 5.69 Å². The molecular weight excluding hydrogens is 442 g/mol. The maximum Gasteiger partial charge on any atom is 0.257 e. The van der Waals surface area contributed by atoms with E-state index in [0.29, 0.717) is 5.56 Å². The summed E-state index contributed by atoms with van der Waals surface area (Å²) in [6, 6.07) is 19.7. The zero-order chi connectivity index (χ0) is 24.1. The predicted octanol–water partition coefficient (Wildman–Crippen LogP) is 5.76. The van der Waals surface area contributed by atoms with Gasteiger partial charge in [0.15, 0.2) is 5.11 Å². The number of aryl methyl sites for hydroxylation is 3. The average molecular weight is 472 g/mol. The number of amides is 1. The zero-order valence-corrected chi connectivity index (χ0v) is 20.6. The van der Waals surface area contributed by atoms with Crippen LogP contribution >= 0.6 is 12.2 Å². The summed E-state index contributed by atoms with van der Waals surface area (Å²) in [5, 5.41) is 15.4. The number of anilines is 1. The van der Waals surface area contributed by atoms with Gasteiger partial charge in [0.2, 0.25) is 0 Å². The number of benzene rings is 3. The molecule has 0 saturated heterocycles. The standard InChI is InChI=1S/C27H29N5OS/c1-4-6-7-20-10-14-22(15-11-20)32-30-24-16-18(3)23(17-25(24)31-32)28-27(34)29-26(33)21-12-8-19(5-2)9-13-21/h8-17H,4-7H2,1-3H3,(H2,28,29,33,34). The largest absolute Gasteiger partial charge is 0.332 e. The van der Waals surface area contributed by atoms with Gasteiger partial charge in [0.25, 0.3) is 5.91 Å². The second-order valence-corrected chi connectivity index (χ2v) is 8.78. The fourth-order valence-electron chi connectivity index (χ4n) is 3.72. The Hall–Kier alpha value is -3.58. The summed E-state index contributed by atoms with van der Waals surface area (Å²) in [5.74, 6) is -0.243. The molecule has 1 aromatic heterocycles. The number of hydrogen-bond donors (Lipinski definition) is 2. The molecule has 3 aromatic carbocycles. The summed E-state index contributed by atoms with van der Waals surface area (Å²) in [4.78, 5) is 14.2. The molecule has 0 fully saturated rings. The Bertz CT molecular complexity index is 1310. The van der Waals surface area contributed by atoms with Crippen LogP contribution in [0.2, 0.25) is 0 Å². The number of rotatable bonds is 7. The Morgan fingerprint density at radius 3 is 2.24 bits per heavy atom. The van der Waals surface area contributed by atoms with Gasteiger partial charge in [-0.05, 0) is 91.5 Å². The minimum atomic E-state index is -0.243. The van der Waals surface area contributed by atoms with Crippen molar-refractivity contribution in [1.82, 2.24) is 20.3 Å². The normalized spacial score (nSPS) is 10.9. The van der Waals surface area contributed by atoms with E-state index in [-0.39, 0.29) is 11.0 Å². The lowest BCUT2D eigenvalue weighted by molar-refractivity contribution is 0.0977. The topological polar surface area (TPSA) is 71.8 Å². The molecule has 4 rings (SSSR count). The van der Waals surface area contributed by atoms with Crippen molar-refractivity contribution in [1.29, 1.82) is 0 Å². The SMILES string of the molecule is CCCCc1ccc(-n2nc3cc(C)c(NC(=S)NC(=O)c4ccc(CC)cc4)cc3n2)cc1. The number of nitrogens with one attached hydrogen (secondary N) is 2. The Labute approximate surface area is 205 Å². The highest BCUT2D eigenvalue weighted by atomic mass is 32.1. The number of fused-ring (bicyclic) bond motifs is 1. The van der Waals surface area contributed by atoms with Crippen molar-refractivity contribution in [3.8, 4) is 5.69 Å². The highest BCUT2D eigenvalue weighted by Crippen LogP contribution is 2.22. The lowest BCUT2D eigenvalue weighted by Gasteiger charge is -2.12. The summed E-state index contributed by atoms with van der Waals surface area (Å²) in [7, 11) is 0. The predicted molar refractivity (Wildman–Crippen MR) is 142 cm³/mol. The number of hydrogen-bond acceptors (Lipinski definition) is 4. The summed E-state index contributed by atoms with van der Waals surface area (Å²) >= 11 is 5.38. The zero-order valence-electron chi connectivity index (χ0n) is 19.8. The van der Waals surface area contributed by atoms with E-state index in [1.54, 1.807) is 4.80 Å². The van der Waals surface area contributed by atoms with Gasteiger partial charge in [-0.15, -0.1) is 10.2 Å². The van der Waals surface area contributed by atoms with Crippen molar-refractivity contribution in [2.45, 2.75) is 46.5 Å². The molecule has 1 heterocycles. The lowest BCUT2D eigenvalue weighted by Crippen LogP contribution is -2.34. The molecule has 4 aromatic rings. The number of unbranched alkanes of at least 4 members (excludes halogenated alkanes) is 1. The summed E-state index contributed by atoms with van der Waals surface area (Å²) < 4.78 is 0. The lowest BCUT2D eigenvalue weighted by atomic mass is 10.1. The monoisotopic (exact) mass is 471 g/mol. The van der Waals surface area contributed by atoms with Crippen LogP contribution in [0, 0.1) is 6.92 Å². The van der Waals surface area contributed by atoms with E-state index in [0.717, 1.165) is 40.8 Å². The van der Waals surface area contributed by atoms with Gasteiger partial charge < -0.3 is 5.32 Å². The van der Waals surface area contributed by atoms with Gasteiger partial charge in [-0.3, -0.25) is 10.1 Å². The van der Waals surface area contributed by atoms with Crippen molar-refractivity contribution in [2.24, 2.45) is 0 Å². The third-order valence-electron chi connectivity index (χ3n) is 5.81. The molecule has 6 nitrogen and oxygen atoms in total. The van der Waals surface area contributed by atoms with Crippen LogP contribution in [-0.4, -0.2) is 26.0 Å². The number of carbonyl (C=O) groups is 1. The molecule has 0 aliphatic carbocycles. The van der Waals surface area contributed by atoms with Crippen molar-refractivity contribution in [2.75, 3.05) is 5.32 Å². The molecule has 0 saturated carbocycles. The van der Waals surface area contributed by atoms with E-state index < -0.39 is 0 Å². The molecular formula is C27H29N5OS. The van der Waals surface area contributed by atoms with Crippen LogP contribution in [0.4, 0.5) is 5.69 Å². The summed E-state index contributed by atoms with van der Waals surface area (Å²) in [6.07, 6.45) is 4.38. The van der Waals surface area contributed by atoms with Gasteiger partial charge in [-0.25, -0.2) is 0 Å². The number of thiocarbonyl (C=S) groups is 1. The van der Waals surface area contributed by atoms with Crippen molar-refractivity contribution in [3.63, 3.8) is 0 Å². The van der Waals surface area contributed by atoms with Gasteiger partial charge >= 0.3 is 0 Å². The first-order chi connectivity index (χ1) is 16.5. The van der Waals surface area contributed by atoms with Gasteiger partial charge in [-0.1, -0.05) is 44.5 Å². The van der Waals surface area contributed by atoms with E-state index in [1.807, 2.05) is 55.5 Å². The fourth-order valence-corrected chi connectivity index (χ4v) is 3.92. The molecule has 0 radical (unpaired) electrons. The summed E-state index contributed by atoms with van der Waals surface area (Å²) in [5.41, 5.74) is 7.26. The second-order valence-electron chi connectivity index (χ2n) is 8.37. The number of aromatic nitrogens is 3. The highest BCUT2D eigenvalue weighted by Gasteiger charge is 2.12. The minimum Gasteiger partial charge on any atom is -0.332 e. The van der Waals surface area contributed by atoms with Gasteiger partial charge in [-0.2, -0.15) is 4.80 Å². The van der Waals surface area contributed by atoms with Crippen LogP contribution in [0.25, 0.3) is 16.7 Å². The molecule has 0 atom stereocenters. The van der Waals surface area contributed by atoms with Crippen LogP contribution in [-0.2, 0) is 12.8 Å². The maximum atomic E-state index is 12.5. The number of nitrogens with zero attached hydrogens (tertiary/aromatic N) is 3. The van der Waals surface area contributed by atoms with Gasteiger partial charge in [0.1, 0.15) is 11.0 Å². The highest BCUT2D eigenvalue weighted by molar-refractivity contribution is 7.80. The molecule has 7 heteroatoms. The molecule has 0 spiro atoms. The van der Waals surface area contributed by atoms with E-state index in [4.69, 9.17) is 12.2 Å². The van der Waals surface area contributed by atoms with Crippen molar-refractivity contribution in [3.05, 3.63) is 82.9 Å². The first kappa shape index (κ1) is 23.6. The molecule has 0 aliphatic rings. The molecule has 1 amide bonds. The van der Waals surface area contributed by atoms with Crippen LogP contribution in [0.15, 0.2) is 60.7 Å². The smallest absolute Gasteiger partial charge is 0.257 e. The van der Waals surface area contributed by atoms with E-state index in [9.17, 15) is 4.79 Å². The maximum absolute atomic E-state index is 12.5. The Morgan fingerprint density at radius 2 is 1.59 bits per heavy atom. The summed E-state index contributed by atoms with van der Waals surface area (Å²) in [6.45, 7) is 6.25. The Balaban J connectivity index is 1.47. The quantitative estimate of drug-likeness (QED) is 0.335. The Kier molecular flexibility index (Phi) is 7.33. The van der Waals surface area contributed by atoms with E-state index in [2.05, 4.69) is 46.8 Å². The van der Waals surface area contributed by atoms with E-state index >= 15 is 0 Å². The van der Waals surface area contributed by atoms with Crippen LogP contribution < -0.4 is 10.6 Å². The minimum absolute atomic E-state index is 0.238. The molecule has 0 bridgehead atoms. The van der Waals surface area contributed by atoms with E-state index in [1.165, 1.54) is 24.0 Å². The molecule has 34 heavy (non-hydrogen) atoms. The van der Waals surface area contributed by atoms with Crippen molar-refractivity contribution >= 4 is 40.0 Å². The fraction of sp³-hybridized carbons (Fsp3) is 0.259. The molecule has 2 N–H and O–H groups in total. The molecule has 0 unspecified atom stereocenters. The first-order valence-electron chi connectivity index (χ1n) is 11.6. The van der Waals surface area contributed by atoms with Crippen LogP contribution in [0.1, 0.15) is 53.7 Å². The van der Waals surface area contributed by atoms with Crippen LogP contribution in [0.3, 0.4) is 0 Å². The Morgan fingerprint density at radius 1 is 0.941 bits per heavy atom. The van der Waals surface area contributed by atoms with Gasteiger partial charge in [0, 0.05) is 11.3 Å². The molecule has 0 aliphatic heterocycles. The second kappa shape index (κ2) is 10.6. The average Bonchev–Trinajstić information content (AvgIpc) is 3.25. The van der Waals surface area contributed by atoms with Crippen molar-refractivity contribution < 1.29 is 4.79 Å². The van der Waals surface area contributed by atoms with Crippen LogP contribution in [0.5, 0.6) is 0 Å². The third-order valence-corrected chi connectivity index (χ3v) is 6.02. The first-order valence-corrected chi connectivity index (χ1v) is 12.1.